The van der Waals surface area contributed by atoms with E-state index in [1.54, 1.807) is 11.1 Å². The summed E-state index contributed by atoms with van der Waals surface area (Å²) in [6, 6.07) is 13.5. The molecule has 0 amide bonds. The molecule has 0 atom stereocenters. The summed E-state index contributed by atoms with van der Waals surface area (Å²) >= 11 is 0. The number of benzene rings is 2. The first-order valence-corrected chi connectivity index (χ1v) is 6.20. The Hall–Kier alpha value is -1.56. The molecule has 0 radical (unpaired) electrons. The summed E-state index contributed by atoms with van der Waals surface area (Å²) in [5.41, 5.74) is 6.31. The molecule has 0 heteroatoms. The normalized spacial score (nSPS) is 18.0. The first-order chi connectivity index (χ1) is 7.95. The summed E-state index contributed by atoms with van der Waals surface area (Å²) in [6.45, 7) is 0. The number of rotatable bonds is 0. The summed E-state index contributed by atoms with van der Waals surface area (Å²) in [5, 5.41) is 2.92. The van der Waals surface area contributed by atoms with Crippen LogP contribution >= 0.6 is 0 Å². The van der Waals surface area contributed by atoms with Crippen molar-refractivity contribution in [1.82, 2.24) is 0 Å². The quantitative estimate of drug-likeness (QED) is 0.589. The van der Waals surface area contributed by atoms with E-state index in [0.717, 1.165) is 0 Å². The lowest BCUT2D eigenvalue weighted by molar-refractivity contribution is 0.756. The van der Waals surface area contributed by atoms with Gasteiger partial charge in [-0.05, 0) is 58.7 Å². The van der Waals surface area contributed by atoms with Crippen molar-refractivity contribution in [3.8, 4) is 0 Å². The molecule has 16 heavy (non-hydrogen) atoms. The highest BCUT2D eigenvalue weighted by Crippen LogP contribution is 2.48. The van der Waals surface area contributed by atoms with Gasteiger partial charge in [-0.1, -0.05) is 36.4 Å². The molecular weight excluding hydrogens is 192 g/mol. The summed E-state index contributed by atoms with van der Waals surface area (Å²) < 4.78 is 0. The highest BCUT2D eigenvalue weighted by molar-refractivity contribution is 6.13. The van der Waals surface area contributed by atoms with Crippen molar-refractivity contribution >= 4 is 21.9 Å². The standard InChI is InChI=1S/C16H14/c1-2-8-13-12(7-1)14-9-3-5-11-6-4-10-15(13)16(11)14/h3-6,9-10H,1-2,7-8H2. The van der Waals surface area contributed by atoms with Crippen molar-refractivity contribution < 1.29 is 0 Å². The second-order valence-electron chi connectivity index (χ2n) is 4.87. The van der Waals surface area contributed by atoms with E-state index >= 15 is 0 Å². The minimum Gasteiger partial charge on any atom is -0.0610 e. The maximum Gasteiger partial charge on any atom is -0.00331 e. The molecule has 0 saturated heterocycles. The number of hydrogen-bond acceptors (Lipinski definition) is 0. The average molecular weight is 206 g/mol. The molecule has 2 aliphatic rings. The Morgan fingerprint density at radius 2 is 1.25 bits per heavy atom. The van der Waals surface area contributed by atoms with Gasteiger partial charge in [0.05, 0.1) is 0 Å². The molecule has 0 nitrogen and oxygen atoms in total. The van der Waals surface area contributed by atoms with Crippen LogP contribution in [0.15, 0.2) is 36.4 Å². The molecule has 2 aromatic rings. The van der Waals surface area contributed by atoms with Crippen LogP contribution in [0.3, 0.4) is 0 Å². The molecule has 78 valence electrons. The SMILES string of the molecule is c1cc2c3c(cccc3c1)C1=C2CCCC1. The first-order valence-electron chi connectivity index (χ1n) is 6.20. The zero-order chi connectivity index (χ0) is 10.5. The van der Waals surface area contributed by atoms with Gasteiger partial charge in [0.1, 0.15) is 0 Å². The molecule has 0 aliphatic heterocycles. The van der Waals surface area contributed by atoms with E-state index in [2.05, 4.69) is 36.4 Å². The molecule has 0 spiro atoms. The van der Waals surface area contributed by atoms with Gasteiger partial charge in [0.25, 0.3) is 0 Å². The fraction of sp³-hybridized carbons (Fsp3) is 0.250. The first kappa shape index (κ1) is 8.58. The Bertz CT molecular complexity index is 566. The number of hydrogen-bond donors (Lipinski definition) is 0. The van der Waals surface area contributed by atoms with Crippen LogP contribution in [-0.2, 0) is 0 Å². The predicted molar refractivity (Wildman–Crippen MR) is 69.2 cm³/mol. The smallest absolute Gasteiger partial charge is 0.00331 e. The van der Waals surface area contributed by atoms with E-state index < -0.39 is 0 Å². The van der Waals surface area contributed by atoms with E-state index in [1.165, 1.54) is 47.6 Å². The molecule has 0 heterocycles. The van der Waals surface area contributed by atoms with Crippen LogP contribution in [0.5, 0.6) is 0 Å². The third kappa shape index (κ3) is 0.948. The minimum atomic E-state index is 1.28. The molecule has 0 unspecified atom stereocenters. The highest BCUT2D eigenvalue weighted by Gasteiger charge is 2.24. The van der Waals surface area contributed by atoms with Crippen molar-refractivity contribution in [2.75, 3.05) is 0 Å². The third-order valence-corrected chi connectivity index (χ3v) is 4.02. The van der Waals surface area contributed by atoms with Gasteiger partial charge in [0.15, 0.2) is 0 Å². The van der Waals surface area contributed by atoms with E-state index in [-0.39, 0.29) is 0 Å². The van der Waals surface area contributed by atoms with Gasteiger partial charge >= 0.3 is 0 Å². The Balaban J connectivity index is 2.16. The van der Waals surface area contributed by atoms with Crippen LogP contribution in [0.25, 0.3) is 21.9 Å². The third-order valence-electron chi connectivity index (χ3n) is 4.02. The highest BCUT2D eigenvalue weighted by atomic mass is 14.3. The Kier molecular flexibility index (Phi) is 1.59. The van der Waals surface area contributed by atoms with Crippen LogP contribution in [0.4, 0.5) is 0 Å². The zero-order valence-electron chi connectivity index (χ0n) is 9.29. The largest absolute Gasteiger partial charge is 0.0610 e. The number of fused-ring (bicyclic) bond motifs is 2. The van der Waals surface area contributed by atoms with Gasteiger partial charge in [-0.2, -0.15) is 0 Å². The molecule has 0 N–H and O–H groups in total. The molecule has 0 aromatic heterocycles. The second kappa shape index (κ2) is 2.98. The molecular formula is C16H14. The Labute approximate surface area is 95.6 Å². The van der Waals surface area contributed by atoms with Crippen molar-refractivity contribution in [3.05, 3.63) is 47.5 Å². The maximum absolute atomic E-state index is 2.31. The van der Waals surface area contributed by atoms with Gasteiger partial charge in [0, 0.05) is 0 Å². The number of allylic oxidation sites excluding steroid dienone is 2. The topological polar surface area (TPSA) is 0 Å². The van der Waals surface area contributed by atoms with E-state index in [0.29, 0.717) is 0 Å². The van der Waals surface area contributed by atoms with Gasteiger partial charge in [0.2, 0.25) is 0 Å². The average Bonchev–Trinajstić information content (AvgIpc) is 2.68. The van der Waals surface area contributed by atoms with Crippen LogP contribution in [-0.4, -0.2) is 0 Å². The van der Waals surface area contributed by atoms with Crippen molar-refractivity contribution in [1.29, 1.82) is 0 Å². The van der Waals surface area contributed by atoms with E-state index in [1.807, 2.05) is 0 Å². The predicted octanol–water partition coefficient (Wildman–Crippen LogP) is 4.64. The van der Waals surface area contributed by atoms with Gasteiger partial charge in [-0.25, -0.2) is 0 Å². The van der Waals surface area contributed by atoms with Crippen molar-refractivity contribution in [2.45, 2.75) is 25.7 Å². The van der Waals surface area contributed by atoms with Gasteiger partial charge in [-0.15, -0.1) is 0 Å². The molecule has 2 aliphatic carbocycles. The van der Waals surface area contributed by atoms with Crippen LogP contribution in [0.1, 0.15) is 36.8 Å². The monoisotopic (exact) mass is 206 g/mol. The van der Waals surface area contributed by atoms with Crippen LogP contribution in [0.2, 0.25) is 0 Å². The summed E-state index contributed by atoms with van der Waals surface area (Å²) in [6.07, 6.45) is 5.29. The molecule has 0 bridgehead atoms. The van der Waals surface area contributed by atoms with Crippen molar-refractivity contribution in [3.63, 3.8) is 0 Å². The minimum absolute atomic E-state index is 1.28. The zero-order valence-corrected chi connectivity index (χ0v) is 9.29. The lowest BCUT2D eigenvalue weighted by Gasteiger charge is -2.14. The lowest BCUT2D eigenvalue weighted by atomic mass is 9.90. The van der Waals surface area contributed by atoms with Crippen molar-refractivity contribution in [2.24, 2.45) is 0 Å². The lowest BCUT2D eigenvalue weighted by Crippen LogP contribution is -1.92. The summed E-state index contributed by atoms with van der Waals surface area (Å²) in [7, 11) is 0. The maximum atomic E-state index is 2.31. The second-order valence-corrected chi connectivity index (χ2v) is 4.87. The molecule has 0 fully saturated rings. The summed E-state index contributed by atoms with van der Waals surface area (Å²) in [5.74, 6) is 0. The van der Waals surface area contributed by atoms with E-state index in [4.69, 9.17) is 0 Å². The fourth-order valence-electron chi connectivity index (χ4n) is 3.34. The molecule has 2 aromatic carbocycles. The Morgan fingerprint density at radius 3 is 1.81 bits per heavy atom. The van der Waals surface area contributed by atoms with Gasteiger partial charge in [-0.3, -0.25) is 0 Å². The molecule has 0 saturated carbocycles. The molecule has 4 rings (SSSR count). The summed E-state index contributed by atoms with van der Waals surface area (Å²) in [4.78, 5) is 0. The Morgan fingerprint density at radius 1 is 0.688 bits per heavy atom. The van der Waals surface area contributed by atoms with Gasteiger partial charge < -0.3 is 0 Å². The van der Waals surface area contributed by atoms with E-state index in [9.17, 15) is 0 Å². The fourth-order valence-corrected chi connectivity index (χ4v) is 3.34. The van der Waals surface area contributed by atoms with Crippen LogP contribution < -0.4 is 0 Å². The van der Waals surface area contributed by atoms with Crippen LogP contribution in [0, 0.1) is 0 Å².